The number of methoxy groups -OCH3 is 1. The van der Waals surface area contributed by atoms with Crippen molar-refractivity contribution >= 4 is 61.0 Å². The second-order valence-electron chi connectivity index (χ2n) is 9.98. The lowest BCUT2D eigenvalue weighted by molar-refractivity contribution is -0.118. The van der Waals surface area contributed by atoms with Crippen molar-refractivity contribution in [2.45, 2.75) is 41.1 Å². The Labute approximate surface area is 276 Å². The van der Waals surface area contributed by atoms with E-state index in [9.17, 15) is 23.1 Å². The van der Waals surface area contributed by atoms with Gasteiger partial charge < -0.3 is 20.5 Å². The number of alkyl carbamates (subject to hydrolysis) is 1. The highest BCUT2D eigenvalue weighted by molar-refractivity contribution is 7.99. The number of rotatable bonds is 15. The number of amides is 2. The van der Waals surface area contributed by atoms with Crippen LogP contribution in [0.2, 0.25) is 0 Å². The molecule has 4 rings (SSSR count). The first-order valence-electron chi connectivity index (χ1n) is 14.3. The van der Waals surface area contributed by atoms with Gasteiger partial charge in [0.15, 0.2) is 0 Å². The lowest BCUT2D eigenvalue weighted by atomic mass is 9.87. The van der Waals surface area contributed by atoms with Crippen LogP contribution in [0.1, 0.15) is 24.8 Å². The molecule has 3 atom stereocenters. The molecule has 2 aromatic heterocycles. The molecule has 14 heteroatoms. The molecule has 0 spiro atoms. The van der Waals surface area contributed by atoms with E-state index in [1.165, 1.54) is 42.5 Å². The number of pyridine rings is 1. The molecule has 0 aliphatic rings. The van der Waals surface area contributed by atoms with Gasteiger partial charge >= 0.3 is 6.09 Å². The zero-order valence-electron chi connectivity index (χ0n) is 25.2. The van der Waals surface area contributed by atoms with Crippen LogP contribution < -0.4 is 15.4 Å². The van der Waals surface area contributed by atoms with Crippen LogP contribution in [-0.4, -0.2) is 67.0 Å². The standard InChI is InChI=1S/C32H35N5O6S3/c1-3-4-5-9-12-25(22-10-7-6-8-11-22)30(36-32(40)43-2)31(39)35-27-18-33-16-15-28(27)44-20-23(19-38)37-46(41,42)24-13-14-26-29(17-24)45-21-34-26/h3-11,13-18,21,23,25,30,37-38H,12,19-20H2,1-2H3,(H,35,39)(H,36,40). The summed E-state index contributed by atoms with van der Waals surface area (Å²) >= 11 is 2.57. The van der Waals surface area contributed by atoms with E-state index < -0.39 is 46.6 Å². The minimum Gasteiger partial charge on any atom is -0.453 e. The molecule has 0 radical (unpaired) electrons. The predicted octanol–water partition coefficient (Wildman–Crippen LogP) is 5.09. The molecule has 46 heavy (non-hydrogen) atoms. The molecule has 0 aliphatic heterocycles. The normalized spacial score (nSPS) is 13.9. The van der Waals surface area contributed by atoms with Crippen molar-refractivity contribution in [2.24, 2.45) is 0 Å². The van der Waals surface area contributed by atoms with Crippen molar-refractivity contribution < 1.29 is 27.9 Å². The van der Waals surface area contributed by atoms with Gasteiger partial charge in [-0.3, -0.25) is 9.78 Å². The van der Waals surface area contributed by atoms with Gasteiger partial charge in [-0.25, -0.2) is 22.9 Å². The highest BCUT2D eigenvalue weighted by Crippen LogP contribution is 2.30. The number of carbonyl (C=O) groups is 2. The van der Waals surface area contributed by atoms with E-state index >= 15 is 0 Å². The maximum absolute atomic E-state index is 13.8. The van der Waals surface area contributed by atoms with Crippen LogP contribution in [0.3, 0.4) is 0 Å². The van der Waals surface area contributed by atoms with Crippen LogP contribution in [0.5, 0.6) is 0 Å². The summed E-state index contributed by atoms with van der Waals surface area (Å²) in [7, 11) is -2.71. The number of aliphatic hydroxyl groups is 1. The summed E-state index contributed by atoms with van der Waals surface area (Å²) in [4.78, 5) is 35.2. The highest BCUT2D eigenvalue weighted by Gasteiger charge is 2.31. The van der Waals surface area contributed by atoms with Gasteiger partial charge in [0.2, 0.25) is 15.9 Å². The minimum absolute atomic E-state index is 0.0715. The van der Waals surface area contributed by atoms with E-state index in [1.807, 2.05) is 61.6 Å². The van der Waals surface area contributed by atoms with Crippen LogP contribution in [0.15, 0.2) is 107 Å². The summed E-state index contributed by atoms with van der Waals surface area (Å²) in [6.45, 7) is 1.45. The van der Waals surface area contributed by atoms with Gasteiger partial charge in [-0.2, -0.15) is 0 Å². The summed E-state index contributed by atoms with van der Waals surface area (Å²) in [5.41, 5.74) is 3.55. The molecule has 0 aliphatic carbocycles. The lowest BCUT2D eigenvalue weighted by Crippen LogP contribution is -2.47. The van der Waals surface area contributed by atoms with E-state index in [2.05, 4.69) is 25.3 Å². The van der Waals surface area contributed by atoms with Crippen LogP contribution >= 0.6 is 23.1 Å². The molecule has 242 valence electrons. The number of aliphatic hydroxyl groups excluding tert-OH is 1. The number of carbonyl (C=O) groups excluding carboxylic acids is 2. The molecule has 0 fully saturated rings. The van der Waals surface area contributed by atoms with Crippen molar-refractivity contribution in [1.82, 2.24) is 20.0 Å². The number of aromatic nitrogens is 2. The van der Waals surface area contributed by atoms with Gasteiger partial charge in [-0.1, -0.05) is 54.6 Å². The van der Waals surface area contributed by atoms with Crippen LogP contribution in [0.4, 0.5) is 10.5 Å². The zero-order valence-corrected chi connectivity index (χ0v) is 27.6. The first-order valence-corrected chi connectivity index (χ1v) is 17.6. The maximum atomic E-state index is 13.8. The number of thioether (sulfide) groups is 1. The Balaban J connectivity index is 1.51. The average molecular weight is 682 g/mol. The maximum Gasteiger partial charge on any atom is 0.407 e. The van der Waals surface area contributed by atoms with Crippen LogP contribution in [0, 0.1) is 0 Å². The first kappa shape index (κ1) is 34.8. The third kappa shape index (κ3) is 9.47. The van der Waals surface area contributed by atoms with E-state index in [0.717, 1.165) is 10.3 Å². The molecule has 3 unspecified atom stereocenters. The number of allylic oxidation sites excluding steroid dienone is 4. The van der Waals surface area contributed by atoms with Crippen LogP contribution in [0.25, 0.3) is 10.2 Å². The van der Waals surface area contributed by atoms with Gasteiger partial charge in [0.25, 0.3) is 0 Å². The van der Waals surface area contributed by atoms with E-state index in [0.29, 0.717) is 22.5 Å². The molecule has 4 N–H and O–H groups in total. The second-order valence-corrected chi connectivity index (χ2v) is 13.6. The van der Waals surface area contributed by atoms with Crippen molar-refractivity contribution in [3.05, 3.63) is 102 Å². The number of fused-ring (bicyclic) bond motifs is 1. The summed E-state index contributed by atoms with van der Waals surface area (Å²) in [5.74, 6) is -0.782. The number of ether oxygens (including phenoxy) is 1. The van der Waals surface area contributed by atoms with E-state index in [4.69, 9.17) is 4.74 Å². The fourth-order valence-corrected chi connectivity index (χ4v) is 7.67. The van der Waals surface area contributed by atoms with Crippen molar-refractivity contribution in [3.63, 3.8) is 0 Å². The Morgan fingerprint density at radius 2 is 1.93 bits per heavy atom. The van der Waals surface area contributed by atoms with Gasteiger partial charge in [0.05, 0.1) is 52.3 Å². The second kappa shape index (κ2) is 17.0. The topological polar surface area (TPSA) is 160 Å². The number of hydrogen-bond acceptors (Lipinski definition) is 10. The predicted molar refractivity (Wildman–Crippen MR) is 181 cm³/mol. The molecule has 0 saturated heterocycles. The molecule has 2 aromatic carbocycles. The average Bonchev–Trinajstić information content (AvgIpc) is 3.55. The number of nitrogens with one attached hydrogen (secondary N) is 3. The Hall–Kier alpha value is -4.08. The largest absolute Gasteiger partial charge is 0.453 e. The first-order chi connectivity index (χ1) is 22.2. The van der Waals surface area contributed by atoms with Crippen molar-refractivity contribution in [1.29, 1.82) is 0 Å². The Morgan fingerprint density at radius 1 is 1.13 bits per heavy atom. The SMILES string of the molecule is CC=CC=CCC(c1ccccc1)C(NC(=O)OC)C(=O)Nc1cnccc1SCC(CO)NS(=O)(=O)c1ccc2ncsc2c1. The lowest BCUT2D eigenvalue weighted by Gasteiger charge is -2.27. The number of thiazole rings is 1. The summed E-state index contributed by atoms with van der Waals surface area (Å²) in [6.07, 6.45) is 10.3. The van der Waals surface area contributed by atoms with Crippen LogP contribution in [-0.2, 0) is 19.6 Å². The minimum atomic E-state index is -3.94. The molecule has 2 amide bonds. The molecule has 0 saturated carbocycles. The third-order valence-electron chi connectivity index (χ3n) is 6.84. The quantitative estimate of drug-likeness (QED) is 0.0990. The highest BCUT2D eigenvalue weighted by atomic mass is 32.2. The molecule has 4 aromatic rings. The summed E-state index contributed by atoms with van der Waals surface area (Å²) in [6, 6.07) is 13.9. The van der Waals surface area contributed by atoms with Gasteiger partial charge in [-0.05, 0) is 43.2 Å². The molecular formula is C32H35N5O6S3. The smallest absolute Gasteiger partial charge is 0.407 e. The molecular weight excluding hydrogens is 647 g/mol. The zero-order chi connectivity index (χ0) is 32.9. The van der Waals surface area contributed by atoms with Gasteiger partial charge in [0.1, 0.15) is 6.04 Å². The number of benzene rings is 2. The van der Waals surface area contributed by atoms with Gasteiger partial charge in [-0.15, -0.1) is 23.1 Å². The van der Waals surface area contributed by atoms with Gasteiger partial charge in [0, 0.05) is 22.8 Å². The number of sulfonamides is 1. The Bertz CT molecular complexity index is 1780. The summed E-state index contributed by atoms with van der Waals surface area (Å²) in [5, 5.41) is 15.6. The van der Waals surface area contributed by atoms with E-state index in [1.54, 1.807) is 29.9 Å². The number of anilines is 1. The van der Waals surface area contributed by atoms with Crippen molar-refractivity contribution in [2.75, 3.05) is 24.8 Å². The van der Waals surface area contributed by atoms with Crippen molar-refractivity contribution in [3.8, 4) is 0 Å². The van der Waals surface area contributed by atoms with E-state index in [-0.39, 0.29) is 10.6 Å². The Morgan fingerprint density at radius 3 is 2.67 bits per heavy atom. The third-order valence-corrected chi connectivity index (χ3v) is 10.4. The fraction of sp³-hybridized carbons (Fsp3) is 0.250. The molecule has 11 nitrogen and oxygen atoms in total. The Kier molecular flexibility index (Phi) is 12.9. The summed E-state index contributed by atoms with van der Waals surface area (Å²) < 4.78 is 34.3. The monoisotopic (exact) mass is 681 g/mol. The molecule has 2 heterocycles. The number of nitrogens with zero attached hydrogens (tertiary/aromatic N) is 2. The fourth-order valence-electron chi connectivity index (χ4n) is 4.53. The molecule has 0 bridgehead atoms. The number of hydrogen-bond donors (Lipinski definition) is 4.